The van der Waals surface area contributed by atoms with Gasteiger partial charge in [0.05, 0.1) is 31.7 Å². The predicted molar refractivity (Wildman–Crippen MR) is 112 cm³/mol. The smallest absolute Gasteiger partial charge is 0.414 e. The molecule has 31 heavy (non-hydrogen) atoms. The zero-order valence-electron chi connectivity index (χ0n) is 17.5. The van der Waals surface area contributed by atoms with Crippen molar-refractivity contribution in [1.82, 2.24) is 10.6 Å². The van der Waals surface area contributed by atoms with E-state index >= 15 is 0 Å². The fraction of sp³-hybridized carbons (Fsp3) is 0.500. The number of amides is 2. The van der Waals surface area contributed by atoms with Gasteiger partial charge < -0.3 is 20.1 Å². The molecule has 1 fully saturated rings. The number of nitrogens with one attached hydrogen (secondary N) is 2. The van der Waals surface area contributed by atoms with Gasteiger partial charge in [0.25, 0.3) is 0 Å². The highest BCUT2D eigenvalue weighted by Crippen LogP contribution is 2.33. The third kappa shape index (κ3) is 17.1. The van der Waals surface area contributed by atoms with E-state index in [-0.39, 0.29) is 25.4 Å². The average Bonchev–Trinajstić information content (AvgIpc) is 3.17. The number of rotatable bonds is 9. The molecule has 0 aromatic carbocycles. The van der Waals surface area contributed by atoms with Gasteiger partial charge in [-0.25, -0.2) is 4.39 Å². The Hall–Kier alpha value is -2.33. The number of hydrogen-bond acceptors (Lipinski definition) is 4. The summed E-state index contributed by atoms with van der Waals surface area (Å²) in [6, 6.07) is -0.219. The second-order valence-corrected chi connectivity index (χ2v) is 6.29. The second-order valence-electron chi connectivity index (χ2n) is 6.04. The van der Waals surface area contributed by atoms with Crippen molar-refractivity contribution in [1.29, 1.82) is 0 Å². The Bertz CT molecular complexity index is 598. The van der Waals surface area contributed by atoms with Crippen LogP contribution in [-0.4, -0.2) is 43.9 Å². The van der Waals surface area contributed by atoms with Gasteiger partial charge in [0.15, 0.2) is 6.10 Å². The van der Waals surface area contributed by atoms with Crippen LogP contribution in [0.4, 0.5) is 17.6 Å². The van der Waals surface area contributed by atoms with Crippen molar-refractivity contribution in [2.24, 2.45) is 5.92 Å². The molecule has 0 aromatic heterocycles. The quantitative estimate of drug-likeness (QED) is 0.224. The van der Waals surface area contributed by atoms with Crippen molar-refractivity contribution in [2.45, 2.75) is 45.0 Å². The van der Waals surface area contributed by atoms with Crippen LogP contribution < -0.4 is 10.6 Å². The average molecular weight is 473 g/mol. The van der Waals surface area contributed by atoms with E-state index in [0.717, 1.165) is 0 Å². The van der Waals surface area contributed by atoms with Crippen LogP contribution in [0.15, 0.2) is 49.1 Å². The summed E-state index contributed by atoms with van der Waals surface area (Å²) in [5.74, 6) is -1.38. The molecule has 0 aliphatic carbocycles. The Morgan fingerprint density at radius 2 is 2.00 bits per heavy atom. The number of hydrogen-bond donors (Lipinski definition) is 2. The fourth-order valence-electron chi connectivity index (χ4n) is 2.15. The van der Waals surface area contributed by atoms with Crippen molar-refractivity contribution in [3.8, 4) is 0 Å². The Balaban J connectivity index is 0. The van der Waals surface area contributed by atoms with Crippen LogP contribution in [0.1, 0.15) is 26.7 Å². The molecule has 11 heteroatoms. The fourth-order valence-corrected chi connectivity index (χ4v) is 2.23. The molecule has 0 aromatic rings. The van der Waals surface area contributed by atoms with E-state index < -0.39 is 24.1 Å². The molecular weight excluding hydrogens is 444 g/mol. The molecule has 2 N–H and O–H groups in total. The summed E-state index contributed by atoms with van der Waals surface area (Å²) in [5.41, 5.74) is 1.77. The molecular formula is C20H29ClF4N2O4. The lowest BCUT2D eigenvalue weighted by Gasteiger charge is -2.15. The highest BCUT2D eigenvalue weighted by Gasteiger charge is 2.47. The van der Waals surface area contributed by atoms with Crippen molar-refractivity contribution < 1.29 is 36.6 Å². The van der Waals surface area contributed by atoms with E-state index in [4.69, 9.17) is 16.3 Å². The van der Waals surface area contributed by atoms with Gasteiger partial charge in [0.2, 0.25) is 12.3 Å². The maximum atomic E-state index is 12.4. The predicted octanol–water partition coefficient (Wildman–Crippen LogP) is 4.50. The van der Waals surface area contributed by atoms with E-state index in [1.807, 2.05) is 6.92 Å². The molecule has 1 aliphatic heterocycles. The second kappa shape index (κ2) is 18.4. The number of carbonyl (C=O) groups excluding carboxylic acids is 2. The van der Waals surface area contributed by atoms with Crippen LogP contribution in [-0.2, 0) is 19.1 Å². The van der Waals surface area contributed by atoms with Crippen LogP contribution in [0.5, 0.6) is 0 Å². The largest absolute Gasteiger partial charge is 0.501 e. The zero-order chi connectivity index (χ0) is 24.3. The normalized spacial score (nSPS) is 18.8. The van der Waals surface area contributed by atoms with Gasteiger partial charge in [-0.2, -0.15) is 13.2 Å². The van der Waals surface area contributed by atoms with Crippen LogP contribution in [0.3, 0.4) is 0 Å². The van der Waals surface area contributed by atoms with Gasteiger partial charge >= 0.3 is 6.18 Å². The van der Waals surface area contributed by atoms with Gasteiger partial charge in [-0.15, -0.1) is 0 Å². The molecule has 2 amide bonds. The minimum atomic E-state index is -4.45. The Kier molecular flexibility index (Phi) is 18.4. The van der Waals surface area contributed by atoms with Crippen molar-refractivity contribution in [3.63, 3.8) is 0 Å². The Morgan fingerprint density at radius 3 is 2.45 bits per heavy atom. The maximum absolute atomic E-state index is 12.4. The molecule has 1 aliphatic rings. The minimum absolute atomic E-state index is 0.219. The third-order valence-electron chi connectivity index (χ3n) is 3.46. The zero-order valence-corrected chi connectivity index (χ0v) is 18.2. The SMILES string of the molecule is C=C(CC(C)NC=O)NC(=O)C1COC(C(F)(F)F)C1.C=CF.CCO/C=C/C=C/Cl. The maximum Gasteiger partial charge on any atom is 0.414 e. The number of allylic oxidation sites excluding steroid dienone is 2. The summed E-state index contributed by atoms with van der Waals surface area (Å²) in [6.07, 6.45) is -0.618. The van der Waals surface area contributed by atoms with E-state index in [1.165, 1.54) is 5.54 Å². The van der Waals surface area contributed by atoms with E-state index in [2.05, 4.69) is 28.5 Å². The lowest BCUT2D eigenvalue weighted by atomic mass is 10.0. The summed E-state index contributed by atoms with van der Waals surface area (Å²) < 4.78 is 56.7. The molecule has 3 unspecified atom stereocenters. The lowest BCUT2D eigenvalue weighted by Crippen LogP contribution is -2.34. The highest BCUT2D eigenvalue weighted by atomic mass is 35.5. The Labute approximate surface area is 185 Å². The molecule has 1 heterocycles. The molecule has 178 valence electrons. The minimum Gasteiger partial charge on any atom is -0.501 e. The standard InChI is InChI=1S/C12H17F3N2O3.C6H9ClO.C2H3F/c1-7(16-6-18)3-8(2)17-11(19)9-4-10(20-5-9)12(13,14)15;1-2-8-6-4-3-5-7;1-2-3/h6-7,9-10H,2-5H2,1H3,(H,16,18)(H,17,19);3-6H,2H2,1H3;2H,1H2/b;5-3+,6-4+;. The van der Waals surface area contributed by atoms with Crippen molar-refractivity contribution in [3.05, 3.63) is 49.1 Å². The molecule has 0 spiro atoms. The van der Waals surface area contributed by atoms with Crippen molar-refractivity contribution in [2.75, 3.05) is 13.2 Å². The molecule has 6 nitrogen and oxygen atoms in total. The van der Waals surface area contributed by atoms with Crippen LogP contribution in [0.25, 0.3) is 0 Å². The molecule has 1 saturated heterocycles. The number of carbonyl (C=O) groups is 2. The van der Waals surface area contributed by atoms with Crippen molar-refractivity contribution >= 4 is 23.9 Å². The summed E-state index contributed by atoms with van der Waals surface area (Å²) in [7, 11) is 0. The molecule has 0 radical (unpaired) electrons. The number of ether oxygens (including phenoxy) is 2. The molecule has 1 rings (SSSR count). The van der Waals surface area contributed by atoms with Gasteiger partial charge in [0, 0.05) is 23.7 Å². The van der Waals surface area contributed by atoms with E-state index in [9.17, 15) is 27.2 Å². The first-order chi connectivity index (χ1) is 14.6. The summed E-state index contributed by atoms with van der Waals surface area (Å²) in [4.78, 5) is 22.0. The summed E-state index contributed by atoms with van der Waals surface area (Å²) >= 11 is 5.19. The van der Waals surface area contributed by atoms with Gasteiger partial charge in [-0.05, 0) is 32.4 Å². The van der Waals surface area contributed by atoms with Gasteiger partial charge in [-0.3, -0.25) is 9.59 Å². The van der Waals surface area contributed by atoms with Crippen LogP contribution in [0.2, 0.25) is 0 Å². The first kappa shape index (κ1) is 30.9. The van der Waals surface area contributed by atoms with Crippen LogP contribution in [0, 0.1) is 5.92 Å². The topological polar surface area (TPSA) is 76.7 Å². The number of halogens is 5. The lowest BCUT2D eigenvalue weighted by molar-refractivity contribution is -0.206. The van der Waals surface area contributed by atoms with E-state index in [0.29, 0.717) is 25.1 Å². The summed E-state index contributed by atoms with van der Waals surface area (Å²) in [6.45, 7) is 10.4. The third-order valence-corrected chi connectivity index (χ3v) is 3.61. The summed E-state index contributed by atoms with van der Waals surface area (Å²) in [5, 5.41) is 4.93. The molecule has 0 saturated carbocycles. The van der Waals surface area contributed by atoms with Gasteiger partial charge in [-0.1, -0.05) is 24.8 Å². The highest BCUT2D eigenvalue weighted by molar-refractivity contribution is 6.25. The van der Waals surface area contributed by atoms with Crippen LogP contribution >= 0.6 is 11.6 Å². The monoisotopic (exact) mass is 472 g/mol. The van der Waals surface area contributed by atoms with E-state index in [1.54, 1.807) is 25.3 Å². The first-order valence-electron chi connectivity index (χ1n) is 9.18. The van der Waals surface area contributed by atoms with Gasteiger partial charge in [0.1, 0.15) is 0 Å². The first-order valence-corrected chi connectivity index (χ1v) is 9.62. The Morgan fingerprint density at radius 1 is 1.39 bits per heavy atom. The molecule has 3 atom stereocenters. The number of alkyl halides is 3. The molecule has 0 bridgehead atoms.